The first-order valence-corrected chi connectivity index (χ1v) is 19.7. The fourth-order valence-corrected chi connectivity index (χ4v) is 6.43. The van der Waals surface area contributed by atoms with E-state index in [1.54, 1.807) is 29.3 Å². The fraction of sp³-hybridized carbons (Fsp3) is 0.448. The number of aromatic nitrogens is 5. The Morgan fingerprint density at radius 2 is 1.77 bits per heavy atom. The van der Waals surface area contributed by atoms with E-state index in [9.17, 15) is 9.32 Å². The SMILES string of the molecule is CS(=O)c1cnc(-c2ccc(-c3nc4c(cc3Cl)nc(OC3COC5C(O)COC35)n4COCC[Si](C)(C)C)cc2)nc1. The van der Waals surface area contributed by atoms with Gasteiger partial charge in [-0.15, -0.1) is 0 Å². The van der Waals surface area contributed by atoms with Crippen LogP contribution in [-0.4, -0.2) is 92.4 Å². The third kappa shape index (κ3) is 6.53. The third-order valence-electron chi connectivity index (χ3n) is 7.47. The number of rotatable bonds is 10. The molecule has 5 atom stereocenters. The van der Waals surface area contributed by atoms with Crippen LogP contribution in [-0.2, 0) is 31.7 Å². The van der Waals surface area contributed by atoms with Crippen LogP contribution < -0.4 is 4.74 Å². The second kappa shape index (κ2) is 12.3. The fourth-order valence-electron chi connectivity index (χ4n) is 5.02. The van der Waals surface area contributed by atoms with Crippen LogP contribution >= 0.6 is 11.6 Å². The molecule has 5 heterocycles. The van der Waals surface area contributed by atoms with Crippen molar-refractivity contribution in [3.8, 4) is 28.7 Å². The summed E-state index contributed by atoms with van der Waals surface area (Å²) in [7, 11) is -2.43. The zero-order valence-electron chi connectivity index (χ0n) is 24.4. The summed E-state index contributed by atoms with van der Waals surface area (Å²) in [6.07, 6.45) is 2.83. The van der Waals surface area contributed by atoms with Crippen LogP contribution in [0.4, 0.5) is 0 Å². The van der Waals surface area contributed by atoms with Crippen LogP contribution in [0.1, 0.15) is 0 Å². The molecule has 11 nitrogen and oxygen atoms in total. The number of fused-ring (bicyclic) bond motifs is 2. The molecule has 43 heavy (non-hydrogen) atoms. The second-order valence-electron chi connectivity index (χ2n) is 11.9. The first kappa shape index (κ1) is 30.3. The lowest BCUT2D eigenvalue weighted by molar-refractivity contribution is 0.00336. The van der Waals surface area contributed by atoms with E-state index in [2.05, 4.69) is 29.6 Å². The minimum atomic E-state index is -1.29. The van der Waals surface area contributed by atoms with Gasteiger partial charge in [-0.25, -0.2) is 15.0 Å². The van der Waals surface area contributed by atoms with Crippen molar-refractivity contribution in [1.82, 2.24) is 24.5 Å². The predicted molar refractivity (Wildman–Crippen MR) is 165 cm³/mol. The maximum absolute atomic E-state index is 11.7. The summed E-state index contributed by atoms with van der Waals surface area (Å²) in [5, 5.41) is 10.6. The van der Waals surface area contributed by atoms with Gasteiger partial charge in [0, 0.05) is 44.5 Å². The molecule has 1 N–H and O–H groups in total. The molecule has 0 bridgehead atoms. The first-order chi connectivity index (χ1) is 20.6. The van der Waals surface area contributed by atoms with E-state index in [1.807, 2.05) is 24.3 Å². The zero-order valence-corrected chi connectivity index (χ0v) is 27.0. The van der Waals surface area contributed by atoms with Gasteiger partial charge in [-0.1, -0.05) is 55.5 Å². The minimum Gasteiger partial charge on any atom is -0.456 e. The predicted octanol–water partition coefficient (Wildman–Crippen LogP) is 4.16. The number of halogens is 1. The van der Waals surface area contributed by atoms with Gasteiger partial charge < -0.3 is 24.1 Å². The molecule has 5 unspecified atom stereocenters. The summed E-state index contributed by atoms with van der Waals surface area (Å²) in [6, 6.07) is 10.7. The molecule has 0 amide bonds. The van der Waals surface area contributed by atoms with Gasteiger partial charge in [-0.05, 0) is 12.1 Å². The van der Waals surface area contributed by atoms with E-state index in [1.165, 1.54) is 0 Å². The molecule has 2 aliphatic rings. The molecule has 2 aliphatic heterocycles. The number of imidazole rings is 1. The van der Waals surface area contributed by atoms with Crippen LogP contribution in [0.25, 0.3) is 33.8 Å². The second-order valence-corrected chi connectivity index (χ2v) is 19.3. The Hall–Kier alpha value is -2.78. The van der Waals surface area contributed by atoms with Crippen molar-refractivity contribution in [3.05, 3.63) is 47.7 Å². The molecule has 6 rings (SSSR count). The Morgan fingerprint density at radius 1 is 1.07 bits per heavy atom. The van der Waals surface area contributed by atoms with Crippen molar-refractivity contribution in [2.45, 2.75) is 61.7 Å². The van der Waals surface area contributed by atoms with Crippen LogP contribution in [0, 0.1) is 0 Å². The van der Waals surface area contributed by atoms with Gasteiger partial charge in [0.05, 0.1) is 39.6 Å². The average Bonchev–Trinajstić information content (AvgIpc) is 3.65. The molecule has 2 fully saturated rings. The zero-order chi connectivity index (χ0) is 30.3. The largest absolute Gasteiger partial charge is 0.456 e. The molecule has 1 aromatic carbocycles. The summed E-state index contributed by atoms with van der Waals surface area (Å²) >= 11 is 6.74. The molecule has 228 valence electrons. The first-order valence-electron chi connectivity index (χ1n) is 14.1. The molecule has 0 aliphatic carbocycles. The average molecular weight is 644 g/mol. The van der Waals surface area contributed by atoms with Crippen molar-refractivity contribution in [2.24, 2.45) is 0 Å². The normalized spacial score (nSPS) is 22.7. The quantitative estimate of drug-likeness (QED) is 0.198. The number of hydrogen-bond acceptors (Lipinski definition) is 10. The molecular formula is C29H34ClN5O6SSi. The lowest BCUT2D eigenvalue weighted by Crippen LogP contribution is -2.35. The standard InChI is InChI=1S/C29H34ClN5O6SSi/c1-42(37)19-12-31-27(32-13-19)18-7-5-17(6-8-18)24-20(30)11-21-28(34-24)35(16-38-9-10-43(2,3)4)29(33-21)41-23-15-40-25-22(36)14-39-26(23)25/h5-8,11-13,22-23,25-26,36H,9-10,14-16H2,1-4H3. The third-order valence-corrected chi connectivity index (χ3v) is 10.3. The van der Waals surface area contributed by atoms with Crippen molar-refractivity contribution in [3.63, 3.8) is 0 Å². The highest BCUT2D eigenvalue weighted by atomic mass is 35.5. The number of benzene rings is 1. The van der Waals surface area contributed by atoms with Crippen LogP contribution in [0.15, 0.2) is 47.6 Å². The van der Waals surface area contributed by atoms with Gasteiger partial charge >= 0.3 is 6.01 Å². The lowest BCUT2D eigenvalue weighted by Gasteiger charge is -2.19. The van der Waals surface area contributed by atoms with E-state index in [0.29, 0.717) is 45.2 Å². The van der Waals surface area contributed by atoms with Gasteiger partial charge in [0.1, 0.15) is 30.6 Å². The molecule has 0 radical (unpaired) electrons. The van der Waals surface area contributed by atoms with Crippen LogP contribution in [0.2, 0.25) is 30.7 Å². The van der Waals surface area contributed by atoms with E-state index >= 15 is 0 Å². The number of pyridine rings is 1. The van der Waals surface area contributed by atoms with Crippen LogP contribution in [0.3, 0.4) is 0 Å². The number of aliphatic hydroxyl groups is 1. The van der Waals surface area contributed by atoms with Crippen LogP contribution in [0.5, 0.6) is 6.01 Å². The summed E-state index contributed by atoms with van der Waals surface area (Å²) in [4.78, 5) is 18.9. The van der Waals surface area contributed by atoms with Crippen molar-refractivity contribution in [2.75, 3.05) is 26.1 Å². The van der Waals surface area contributed by atoms with Gasteiger partial charge in [-0.2, -0.15) is 4.98 Å². The summed E-state index contributed by atoms with van der Waals surface area (Å²) < 4.78 is 37.4. The number of hydrogen-bond donors (Lipinski definition) is 1. The van der Waals surface area contributed by atoms with E-state index < -0.39 is 37.2 Å². The monoisotopic (exact) mass is 643 g/mol. The Labute approximate surface area is 258 Å². The lowest BCUT2D eigenvalue weighted by atomic mass is 10.1. The maximum Gasteiger partial charge on any atom is 0.301 e. The molecule has 3 aromatic heterocycles. The Bertz CT molecular complexity index is 1630. The highest BCUT2D eigenvalue weighted by Crippen LogP contribution is 2.34. The summed E-state index contributed by atoms with van der Waals surface area (Å²) in [6.45, 7) is 8.21. The number of ether oxygens (including phenoxy) is 4. The molecular weight excluding hydrogens is 610 g/mol. The number of nitrogens with zero attached hydrogens (tertiary/aromatic N) is 5. The Balaban J connectivity index is 1.30. The Kier molecular flexibility index (Phi) is 8.66. The number of aliphatic hydroxyl groups excluding tert-OH is 1. The van der Waals surface area contributed by atoms with Crippen molar-refractivity contribution >= 4 is 41.6 Å². The summed E-state index contributed by atoms with van der Waals surface area (Å²) in [5.41, 5.74) is 3.33. The molecule has 2 saturated heterocycles. The van der Waals surface area contributed by atoms with E-state index in [4.69, 9.17) is 40.5 Å². The molecule has 0 saturated carbocycles. The van der Waals surface area contributed by atoms with Gasteiger partial charge in [0.25, 0.3) is 0 Å². The van der Waals surface area contributed by atoms with Gasteiger partial charge in [0.2, 0.25) is 0 Å². The smallest absolute Gasteiger partial charge is 0.301 e. The van der Waals surface area contributed by atoms with E-state index in [-0.39, 0.29) is 26.0 Å². The molecule has 0 spiro atoms. The highest BCUT2D eigenvalue weighted by Gasteiger charge is 2.49. The van der Waals surface area contributed by atoms with Crippen molar-refractivity contribution < 1.29 is 28.3 Å². The minimum absolute atomic E-state index is 0.199. The molecule has 14 heteroatoms. The highest BCUT2D eigenvalue weighted by molar-refractivity contribution is 7.84. The maximum atomic E-state index is 11.7. The van der Waals surface area contributed by atoms with Gasteiger partial charge in [-0.3, -0.25) is 8.78 Å². The van der Waals surface area contributed by atoms with Gasteiger partial charge in [0.15, 0.2) is 17.6 Å². The Morgan fingerprint density at radius 3 is 2.47 bits per heavy atom. The summed E-state index contributed by atoms with van der Waals surface area (Å²) in [5.74, 6) is 0.530. The van der Waals surface area contributed by atoms with Crippen molar-refractivity contribution in [1.29, 1.82) is 0 Å². The van der Waals surface area contributed by atoms with E-state index in [0.717, 1.165) is 17.2 Å². The topological polar surface area (TPSA) is 131 Å². The molecule has 4 aromatic rings.